The quantitative estimate of drug-likeness (QED) is 0.423. The lowest BCUT2D eigenvalue weighted by Crippen LogP contribution is -2.47. The van der Waals surface area contributed by atoms with Crippen LogP contribution in [0.3, 0.4) is 0 Å². The molecule has 34 heavy (non-hydrogen) atoms. The number of carbonyl (C=O) groups is 2. The van der Waals surface area contributed by atoms with Gasteiger partial charge >= 0.3 is 0 Å². The Labute approximate surface area is 198 Å². The number of fused-ring (bicyclic) bond motifs is 3. The number of rotatable bonds is 5. The van der Waals surface area contributed by atoms with Gasteiger partial charge in [0.2, 0.25) is 5.91 Å². The van der Waals surface area contributed by atoms with Gasteiger partial charge < -0.3 is 13.9 Å². The smallest absolute Gasteiger partial charge is 0.290 e. The van der Waals surface area contributed by atoms with E-state index in [9.17, 15) is 9.59 Å². The van der Waals surface area contributed by atoms with E-state index in [2.05, 4.69) is 41.8 Å². The van der Waals surface area contributed by atoms with Gasteiger partial charge in [0.05, 0.1) is 23.3 Å². The summed E-state index contributed by atoms with van der Waals surface area (Å²) >= 11 is 0. The summed E-state index contributed by atoms with van der Waals surface area (Å²) in [7, 11) is 0. The van der Waals surface area contributed by atoms with Crippen molar-refractivity contribution in [3.63, 3.8) is 0 Å². The fraction of sp³-hybridized carbons (Fsp3) is 0.214. The highest BCUT2D eigenvalue weighted by atomic mass is 16.3. The zero-order valence-electron chi connectivity index (χ0n) is 18.9. The van der Waals surface area contributed by atoms with Crippen molar-refractivity contribution in [3.8, 4) is 5.69 Å². The van der Waals surface area contributed by atoms with Crippen LogP contribution in [0.1, 0.15) is 46.3 Å². The van der Waals surface area contributed by atoms with Gasteiger partial charge in [-0.3, -0.25) is 14.5 Å². The Morgan fingerprint density at radius 3 is 2.41 bits per heavy atom. The van der Waals surface area contributed by atoms with Gasteiger partial charge in [-0.25, -0.2) is 0 Å². The number of carbonyl (C=O) groups excluding carboxylic acids is 2. The second-order valence-electron chi connectivity index (χ2n) is 9.01. The molecule has 170 valence electrons. The standard InChI is InChI=1S/C28H25N3O3/c1-19-10-12-20(13-11-19)27-24-8-4-16-29(24)22-6-2-3-7-23(22)31(27)26(32)18-30(21-14-15-21)28(33)25-9-5-17-34-25/h2-13,16-17,21,27H,14-15,18H2,1H3. The van der Waals surface area contributed by atoms with E-state index in [1.807, 2.05) is 41.4 Å². The summed E-state index contributed by atoms with van der Waals surface area (Å²) in [4.78, 5) is 30.7. The summed E-state index contributed by atoms with van der Waals surface area (Å²) in [5, 5.41) is 0. The number of hydrogen-bond donors (Lipinski definition) is 0. The molecule has 6 rings (SSSR count). The van der Waals surface area contributed by atoms with Gasteiger partial charge in [-0.2, -0.15) is 0 Å². The molecular formula is C28H25N3O3. The molecule has 2 aliphatic rings. The number of nitrogens with zero attached hydrogens (tertiary/aromatic N) is 3. The van der Waals surface area contributed by atoms with Crippen molar-refractivity contribution in [1.29, 1.82) is 0 Å². The Morgan fingerprint density at radius 1 is 0.941 bits per heavy atom. The molecule has 0 spiro atoms. The lowest BCUT2D eigenvalue weighted by Gasteiger charge is -2.39. The Kier molecular flexibility index (Phi) is 4.87. The van der Waals surface area contributed by atoms with Crippen LogP contribution in [0, 0.1) is 6.92 Å². The number of anilines is 1. The van der Waals surface area contributed by atoms with Crippen molar-refractivity contribution in [2.24, 2.45) is 0 Å². The Bertz CT molecular complexity index is 1350. The average molecular weight is 452 g/mol. The highest BCUT2D eigenvalue weighted by Gasteiger charge is 2.40. The van der Waals surface area contributed by atoms with Crippen LogP contribution in [-0.2, 0) is 4.79 Å². The normalized spacial score (nSPS) is 16.6. The van der Waals surface area contributed by atoms with Gasteiger partial charge in [0.1, 0.15) is 12.6 Å². The van der Waals surface area contributed by atoms with Crippen LogP contribution in [0.15, 0.2) is 89.7 Å². The maximum absolute atomic E-state index is 14.1. The summed E-state index contributed by atoms with van der Waals surface area (Å²) in [5.74, 6) is -0.0820. The number of aryl methyl sites for hydroxylation is 1. The fourth-order valence-corrected chi connectivity index (χ4v) is 4.84. The first-order chi connectivity index (χ1) is 16.6. The third-order valence-electron chi connectivity index (χ3n) is 6.67. The number of amides is 2. The summed E-state index contributed by atoms with van der Waals surface area (Å²) in [6, 6.07) is 23.4. The highest BCUT2D eigenvalue weighted by molar-refractivity contribution is 6.02. The van der Waals surface area contributed by atoms with E-state index >= 15 is 0 Å². The van der Waals surface area contributed by atoms with E-state index < -0.39 is 0 Å². The van der Waals surface area contributed by atoms with Crippen LogP contribution in [0.2, 0.25) is 0 Å². The topological polar surface area (TPSA) is 58.7 Å². The molecule has 1 unspecified atom stereocenters. The van der Waals surface area contributed by atoms with Crippen LogP contribution in [0.5, 0.6) is 0 Å². The predicted molar refractivity (Wildman–Crippen MR) is 129 cm³/mol. The molecule has 1 aliphatic carbocycles. The zero-order chi connectivity index (χ0) is 23.2. The van der Waals surface area contributed by atoms with Gasteiger partial charge in [0.15, 0.2) is 5.76 Å². The molecule has 2 amide bonds. The maximum Gasteiger partial charge on any atom is 0.290 e. The molecule has 0 saturated heterocycles. The number of aromatic nitrogens is 1. The Balaban J connectivity index is 1.42. The Morgan fingerprint density at radius 2 is 1.71 bits per heavy atom. The largest absolute Gasteiger partial charge is 0.459 e. The second kappa shape index (κ2) is 8.06. The molecule has 2 aromatic carbocycles. The minimum absolute atomic E-state index is 0.00159. The molecule has 1 aliphatic heterocycles. The van der Waals surface area contributed by atoms with E-state index in [1.165, 1.54) is 6.26 Å². The van der Waals surface area contributed by atoms with Crippen LogP contribution < -0.4 is 4.90 Å². The van der Waals surface area contributed by atoms with Crippen molar-refractivity contribution < 1.29 is 14.0 Å². The van der Waals surface area contributed by atoms with Gasteiger partial charge in [-0.1, -0.05) is 42.0 Å². The Hall–Kier alpha value is -4.06. The molecular weight excluding hydrogens is 426 g/mol. The fourth-order valence-electron chi connectivity index (χ4n) is 4.84. The van der Waals surface area contributed by atoms with Gasteiger partial charge in [0.25, 0.3) is 5.91 Å². The van der Waals surface area contributed by atoms with Crippen molar-refractivity contribution in [2.75, 3.05) is 11.4 Å². The van der Waals surface area contributed by atoms with E-state index in [-0.39, 0.29) is 36.2 Å². The van der Waals surface area contributed by atoms with Crippen LogP contribution in [0.4, 0.5) is 5.69 Å². The molecule has 6 nitrogen and oxygen atoms in total. The summed E-state index contributed by atoms with van der Waals surface area (Å²) in [6.45, 7) is 2.06. The molecule has 0 N–H and O–H groups in total. The maximum atomic E-state index is 14.1. The lowest BCUT2D eigenvalue weighted by atomic mass is 9.97. The highest BCUT2D eigenvalue weighted by Crippen LogP contribution is 2.42. The summed E-state index contributed by atoms with van der Waals surface area (Å²) in [6.07, 6.45) is 5.33. The summed E-state index contributed by atoms with van der Waals surface area (Å²) in [5.41, 5.74) is 5.00. The number of furan rings is 1. The molecule has 2 aromatic heterocycles. The lowest BCUT2D eigenvalue weighted by molar-refractivity contribution is -0.119. The molecule has 1 atom stereocenters. The molecule has 3 heterocycles. The predicted octanol–water partition coefficient (Wildman–Crippen LogP) is 5.12. The molecule has 1 fully saturated rings. The molecule has 4 aromatic rings. The van der Waals surface area contributed by atoms with E-state index in [0.717, 1.165) is 41.0 Å². The van der Waals surface area contributed by atoms with Gasteiger partial charge in [-0.05, 0) is 61.7 Å². The van der Waals surface area contributed by atoms with E-state index in [4.69, 9.17) is 4.42 Å². The zero-order valence-corrected chi connectivity index (χ0v) is 18.9. The molecule has 0 bridgehead atoms. The monoisotopic (exact) mass is 451 g/mol. The van der Waals surface area contributed by atoms with E-state index in [1.54, 1.807) is 17.0 Å². The van der Waals surface area contributed by atoms with Gasteiger partial charge in [0, 0.05) is 12.2 Å². The van der Waals surface area contributed by atoms with Crippen LogP contribution in [0.25, 0.3) is 5.69 Å². The minimum Gasteiger partial charge on any atom is -0.459 e. The van der Waals surface area contributed by atoms with Crippen molar-refractivity contribution >= 4 is 17.5 Å². The number of para-hydroxylation sites is 2. The van der Waals surface area contributed by atoms with Crippen molar-refractivity contribution in [1.82, 2.24) is 9.47 Å². The van der Waals surface area contributed by atoms with E-state index in [0.29, 0.717) is 0 Å². The van der Waals surface area contributed by atoms with Crippen molar-refractivity contribution in [2.45, 2.75) is 31.8 Å². The number of hydrogen-bond acceptors (Lipinski definition) is 3. The van der Waals surface area contributed by atoms with Crippen LogP contribution in [-0.4, -0.2) is 33.9 Å². The average Bonchev–Trinajstić information content (AvgIpc) is 3.32. The SMILES string of the molecule is Cc1ccc(C2c3cccn3-c3ccccc3N2C(=O)CN(C(=O)c2ccco2)C2CC2)cc1. The van der Waals surface area contributed by atoms with Crippen molar-refractivity contribution in [3.05, 3.63) is 108 Å². The minimum atomic E-state index is -0.294. The first-order valence-corrected chi connectivity index (χ1v) is 11.6. The molecule has 0 radical (unpaired) electrons. The first-order valence-electron chi connectivity index (χ1n) is 11.6. The number of benzene rings is 2. The molecule has 1 saturated carbocycles. The summed E-state index contributed by atoms with van der Waals surface area (Å²) < 4.78 is 7.50. The molecule has 6 heteroatoms. The van der Waals surface area contributed by atoms with Gasteiger partial charge in [-0.15, -0.1) is 0 Å². The first kappa shape index (κ1) is 20.5. The third-order valence-corrected chi connectivity index (χ3v) is 6.67. The second-order valence-corrected chi connectivity index (χ2v) is 9.01. The van der Waals surface area contributed by atoms with Crippen LogP contribution >= 0.6 is 0 Å². The third kappa shape index (κ3) is 3.43.